The second-order valence-electron chi connectivity index (χ2n) is 1.91. The average Bonchev–Trinajstić information content (AvgIpc) is 1.89. The van der Waals surface area contributed by atoms with Gasteiger partial charge in [-0.3, -0.25) is 0 Å². The molecular weight excluding hydrogens is 134 g/mol. The molecule has 5 heteroatoms. The Morgan fingerprint density at radius 1 is 1.50 bits per heavy atom. The molecule has 0 amide bonds. The number of hydrogen-bond acceptors (Lipinski definition) is 3. The summed E-state index contributed by atoms with van der Waals surface area (Å²) in [7, 11) is 0. The van der Waals surface area contributed by atoms with Gasteiger partial charge in [0.1, 0.15) is 0 Å². The molecule has 0 aromatic rings. The van der Waals surface area contributed by atoms with E-state index in [4.69, 9.17) is 15.7 Å². The highest BCUT2D eigenvalue weighted by molar-refractivity contribution is 4.56. The number of rotatable bonds is 5. The summed E-state index contributed by atoms with van der Waals surface area (Å²) in [5, 5.41) is 20.5. The number of hydrogen-bond donors (Lipinski definition) is 2. The first kappa shape index (κ1) is 9.23. The first-order valence-corrected chi connectivity index (χ1v) is 3.11. The van der Waals surface area contributed by atoms with Gasteiger partial charge in [-0.2, -0.15) is 0 Å². The molecule has 1 unspecified atom stereocenters. The van der Waals surface area contributed by atoms with Crippen molar-refractivity contribution in [2.24, 2.45) is 5.11 Å². The fourth-order valence-electron chi connectivity index (χ4n) is 0.545. The van der Waals surface area contributed by atoms with Crippen LogP contribution in [0.1, 0.15) is 12.8 Å². The van der Waals surface area contributed by atoms with Crippen LogP contribution in [0.15, 0.2) is 5.11 Å². The Morgan fingerprint density at radius 3 is 2.70 bits per heavy atom. The summed E-state index contributed by atoms with van der Waals surface area (Å²) in [4.78, 5) is 2.52. The largest absolute Gasteiger partial charge is 0.396 e. The fourth-order valence-corrected chi connectivity index (χ4v) is 0.545. The molecular formula is C5H11N3O2. The lowest BCUT2D eigenvalue weighted by Gasteiger charge is -2.04. The first-order valence-electron chi connectivity index (χ1n) is 3.11. The average molecular weight is 145 g/mol. The molecule has 0 heterocycles. The van der Waals surface area contributed by atoms with Crippen molar-refractivity contribution in [1.29, 1.82) is 0 Å². The summed E-state index contributed by atoms with van der Waals surface area (Å²) in [6.45, 7) is 0.259. The molecule has 58 valence electrons. The zero-order chi connectivity index (χ0) is 7.82. The molecule has 5 nitrogen and oxygen atoms in total. The Kier molecular flexibility index (Phi) is 5.86. The van der Waals surface area contributed by atoms with Crippen LogP contribution in [0.4, 0.5) is 0 Å². The van der Waals surface area contributed by atoms with Crippen LogP contribution >= 0.6 is 0 Å². The molecule has 10 heavy (non-hydrogen) atoms. The van der Waals surface area contributed by atoms with E-state index in [-0.39, 0.29) is 13.2 Å². The molecule has 0 aromatic carbocycles. The number of nitrogens with zero attached hydrogens (tertiary/aromatic N) is 3. The lowest BCUT2D eigenvalue weighted by molar-refractivity contribution is 0.127. The molecule has 0 aliphatic carbocycles. The van der Waals surface area contributed by atoms with Crippen LogP contribution in [-0.2, 0) is 0 Å². The summed E-state index contributed by atoms with van der Waals surface area (Å²) in [6, 6.07) is 0. The lowest BCUT2D eigenvalue weighted by atomic mass is 10.2. The van der Waals surface area contributed by atoms with Crippen molar-refractivity contribution in [1.82, 2.24) is 0 Å². The standard InChI is InChI=1S/C5H11N3O2/c6-8-7-3-1-5(10)2-4-9/h5,9-10H,1-4H2. The van der Waals surface area contributed by atoms with E-state index in [9.17, 15) is 0 Å². The predicted octanol–water partition coefficient (Wildman–Crippen LogP) is 0.430. The van der Waals surface area contributed by atoms with Crippen molar-refractivity contribution in [2.75, 3.05) is 13.2 Å². The Morgan fingerprint density at radius 2 is 2.20 bits per heavy atom. The van der Waals surface area contributed by atoms with Crippen molar-refractivity contribution >= 4 is 0 Å². The van der Waals surface area contributed by atoms with Gasteiger partial charge in [0.15, 0.2) is 0 Å². The third-order valence-corrected chi connectivity index (χ3v) is 1.09. The highest BCUT2D eigenvalue weighted by Gasteiger charge is 2.00. The van der Waals surface area contributed by atoms with Gasteiger partial charge in [-0.25, -0.2) is 0 Å². The van der Waals surface area contributed by atoms with E-state index in [1.807, 2.05) is 0 Å². The minimum absolute atomic E-state index is 0.0303. The maximum Gasteiger partial charge on any atom is 0.0563 e. The molecule has 0 spiro atoms. The molecule has 2 N–H and O–H groups in total. The molecule has 0 aromatic heterocycles. The number of aliphatic hydroxyl groups excluding tert-OH is 2. The zero-order valence-electron chi connectivity index (χ0n) is 5.64. The highest BCUT2D eigenvalue weighted by atomic mass is 16.3. The summed E-state index contributed by atoms with van der Waals surface area (Å²) in [5.74, 6) is 0. The van der Waals surface area contributed by atoms with E-state index in [2.05, 4.69) is 10.0 Å². The van der Waals surface area contributed by atoms with Gasteiger partial charge in [-0.1, -0.05) is 5.11 Å². The fraction of sp³-hybridized carbons (Fsp3) is 1.00. The van der Waals surface area contributed by atoms with E-state index in [0.29, 0.717) is 12.8 Å². The third kappa shape index (κ3) is 5.37. The molecule has 0 saturated carbocycles. The minimum atomic E-state index is -0.546. The summed E-state index contributed by atoms with van der Waals surface area (Å²) >= 11 is 0. The maximum absolute atomic E-state index is 8.93. The molecule has 0 fully saturated rings. The van der Waals surface area contributed by atoms with Gasteiger partial charge in [0.05, 0.1) is 6.10 Å². The van der Waals surface area contributed by atoms with Gasteiger partial charge in [-0.05, 0) is 18.4 Å². The molecule has 1 atom stereocenters. The predicted molar refractivity (Wildman–Crippen MR) is 36.3 cm³/mol. The minimum Gasteiger partial charge on any atom is -0.396 e. The van der Waals surface area contributed by atoms with Crippen LogP contribution in [0.5, 0.6) is 0 Å². The van der Waals surface area contributed by atoms with Crippen molar-refractivity contribution < 1.29 is 10.2 Å². The quantitative estimate of drug-likeness (QED) is 0.333. The van der Waals surface area contributed by atoms with E-state index in [1.54, 1.807) is 0 Å². The van der Waals surface area contributed by atoms with Gasteiger partial charge >= 0.3 is 0 Å². The topological polar surface area (TPSA) is 89.2 Å². The summed E-state index contributed by atoms with van der Waals surface area (Å²) < 4.78 is 0. The van der Waals surface area contributed by atoms with Crippen LogP contribution in [0.3, 0.4) is 0 Å². The molecule has 0 radical (unpaired) electrons. The highest BCUT2D eigenvalue weighted by Crippen LogP contribution is 1.96. The van der Waals surface area contributed by atoms with Gasteiger partial charge < -0.3 is 10.2 Å². The Balaban J connectivity index is 3.20. The van der Waals surface area contributed by atoms with Gasteiger partial charge in [0, 0.05) is 18.1 Å². The number of aliphatic hydroxyl groups is 2. The third-order valence-electron chi connectivity index (χ3n) is 1.09. The molecule has 0 bridgehead atoms. The molecule has 0 rings (SSSR count). The normalized spacial score (nSPS) is 12.2. The van der Waals surface area contributed by atoms with Crippen LogP contribution in [0.25, 0.3) is 10.4 Å². The van der Waals surface area contributed by atoms with Crippen LogP contribution in [-0.4, -0.2) is 29.5 Å². The van der Waals surface area contributed by atoms with E-state index in [1.165, 1.54) is 0 Å². The second kappa shape index (κ2) is 6.35. The first-order chi connectivity index (χ1) is 4.81. The Labute approximate surface area is 58.9 Å². The zero-order valence-corrected chi connectivity index (χ0v) is 5.64. The van der Waals surface area contributed by atoms with Crippen LogP contribution < -0.4 is 0 Å². The van der Waals surface area contributed by atoms with Crippen molar-refractivity contribution in [2.45, 2.75) is 18.9 Å². The summed E-state index contributed by atoms with van der Waals surface area (Å²) in [5.41, 5.74) is 7.84. The van der Waals surface area contributed by atoms with E-state index >= 15 is 0 Å². The van der Waals surface area contributed by atoms with Gasteiger partial charge in [0.2, 0.25) is 0 Å². The Hall–Kier alpha value is -0.770. The molecule has 0 saturated heterocycles. The van der Waals surface area contributed by atoms with Gasteiger partial charge in [-0.15, -0.1) is 0 Å². The van der Waals surface area contributed by atoms with Crippen molar-refractivity contribution in [3.05, 3.63) is 10.4 Å². The Bertz CT molecular complexity index is 122. The van der Waals surface area contributed by atoms with Crippen molar-refractivity contribution in [3.63, 3.8) is 0 Å². The van der Waals surface area contributed by atoms with Crippen LogP contribution in [0, 0.1) is 0 Å². The van der Waals surface area contributed by atoms with Crippen LogP contribution in [0.2, 0.25) is 0 Å². The van der Waals surface area contributed by atoms with Gasteiger partial charge in [0.25, 0.3) is 0 Å². The SMILES string of the molecule is [N-]=[N+]=NCCC(O)CCO. The van der Waals surface area contributed by atoms with E-state index < -0.39 is 6.10 Å². The molecule has 0 aliphatic heterocycles. The monoisotopic (exact) mass is 145 g/mol. The van der Waals surface area contributed by atoms with E-state index in [0.717, 1.165) is 0 Å². The molecule has 0 aliphatic rings. The van der Waals surface area contributed by atoms with Crippen molar-refractivity contribution in [3.8, 4) is 0 Å². The second-order valence-corrected chi connectivity index (χ2v) is 1.91. The number of azide groups is 1. The smallest absolute Gasteiger partial charge is 0.0563 e. The lowest BCUT2D eigenvalue weighted by Crippen LogP contribution is -2.09. The maximum atomic E-state index is 8.93. The summed E-state index contributed by atoms with van der Waals surface area (Å²) in [6.07, 6.45) is 0.224.